The summed E-state index contributed by atoms with van der Waals surface area (Å²) in [6, 6.07) is 7.05. The number of carbonyl (C=O) groups is 1. The molecule has 2 aromatic rings. The molecule has 1 amide bonds. The molecular weight excluding hydrogens is 418 g/mol. The summed E-state index contributed by atoms with van der Waals surface area (Å²) in [5.74, 6) is -0.319. The van der Waals surface area contributed by atoms with E-state index in [0.29, 0.717) is 22.8 Å². The van der Waals surface area contributed by atoms with Crippen LogP contribution < -0.4 is 5.32 Å². The summed E-state index contributed by atoms with van der Waals surface area (Å²) in [4.78, 5) is 12.8. The molecule has 3 N–H and O–H groups in total. The molecule has 1 aromatic carbocycles. The number of halogens is 1. The molecule has 0 aliphatic heterocycles. The van der Waals surface area contributed by atoms with Gasteiger partial charge in [0.1, 0.15) is 6.23 Å². The molecule has 1 heterocycles. The molecule has 0 bridgehead atoms. The van der Waals surface area contributed by atoms with Gasteiger partial charge in [0.25, 0.3) is 5.91 Å². The zero-order valence-corrected chi connectivity index (χ0v) is 18.9. The van der Waals surface area contributed by atoms with Crippen LogP contribution in [0.15, 0.2) is 24.3 Å². The van der Waals surface area contributed by atoms with Crippen LogP contribution >= 0.6 is 11.6 Å². The molecule has 1 aliphatic carbocycles. The molecule has 31 heavy (non-hydrogen) atoms. The van der Waals surface area contributed by atoms with Crippen LogP contribution in [0, 0.1) is 12.8 Å². The monoisotopic (exact) mass is 449 g/mol. The Morgan fingerprint density at radius 2 is 1.97 bits per heavy atom. The van der Waals surface area contributed by atoms with E-state index in [9.17, 15) is 15.0 Å². The maximum Gasteiger partial charge on any atom is 0.254 e. The Balaban J connectivity index is 1.74. The highest BCUT2D eigenvalue weighted by atomic mass is 35.5. The zero-order valence-electron chi connectivity index (χ0n) is 18.2. The van der Waals surface area contributed by atoms with Gasteiger partial charge in [-0.3, -0.25) is 9.48 Å². The SMILES string of the molecule is COCC(O)Cn1nc(-c2ccc(Cl)c(C(=O)NC(O)C3CCCCCC3)c2)cc1C. The van der Waals surface area contributed by atoms with Crippen LogP contribution in [-0.2, 0) is 11.3 Å². The van der Waals surface area contributed by atoms with E-state index in [1.165, 1.54) is 20.0 Å². The Labute approximate surface area is 188 Å². The number of hydrogen-bond acceptors (Lipinski definition) is 5. The highest BCUT2D eigenvalue weighted by molar-refractivity contribution is 6.34. The molecule has 1 fully saturated rings. The van der Waals surface area contributed by atoms with Crippen LogP contribution in [0.3, 0.4) is 0 Å². The number of aromatic nitrogens is 2. The van der Waals surface area contributed by atoms with E-state index in [4.69, 9.17) is 16.3 Å². The maximum absolute atomic E-state index is 12.8. The summed E-state index contributed by atoms with van der Waals surface area (Å²) in [5, 5.41) is 28.1. The third-order valence-corrected chi connectivity index (χ3v) is 6.19. The first-order chi connectivity index (χ1) is 14.9. The van der Waals surface area contributed by atoms with E-state index in [1.54, 1.807) is 22.9 Å². The first kappa shape index (κ1) is 23.7. The smallest absolute Gasteiger partial charge is 0.254 e. The van der Waals surface area contributed by atoms with Gasteiger partial charge in [-0.25, -0.2) is 0 Å². The van der Waals surface area contributed by atoms with Gasteiger partial charge in [-0.05, 0) is 38.0 Å². The number of aryl methyl sites for hydroxylation is 1. The highest BCUT2D eigenvalue weighted by Crippen LogP contribution is 2.27. The lowest BCUT2D eigenvalue weighted by Gasteiger charge is -2.22. The summed E-state index contributed by atoms with van der Waals surface area (Å²) in [6.07, 6.45) is 4.81. The van der Waals surface area contributed by atoms with Gasteiger partial charge in [0.05, 0.1) is 35.5 Å². The summed E-state index contributed by atoms with van der Waals surface area (Å²) < 4.78 is 6.69. The van der Waals surface area contributed by atoms with Crippen molar-refractivity contribution in [1.82, 2.24) is 15.1 Å². The molecule has 0 spiro atoms. The number of carbonyl (C=O) groups excluding carboxylic acids is 1. The highest BCUT2D eigenvalue weighted by Gasteiger charge is 2.24. The fourth-order valence-corrected chi connectivity index (χ4v) is 4.30. The molecule has 1 aromatic heterocycles. The van der Waals surface area contributed by atoms with E-state index in [0.717, 1.165) is 36.9 Å². The molecule has 2 unspecified atom stereocenters. The quantitative estimate of drug-likeness (QED) is 0.423. The first-order valence-corrected chi connectivity index (χ1v) is 11.3. The van der Waals surface area contributed by atoms with E-state index in [1.807, 2.05) is 13.0 Å². The fraction of sp³-hybridized carbons (Fsp3) is 0.565. The number of nitrogens with zero attached hydrogens (tertiary/aromatic N) is 2. The van der Waals surface area contributed by atoms with Crippen LogP contribution in [0.4, 0.5) is 0 Å². The summed E-state index contributed by atoms with van der Waals surface area (Å²) >= 11 is 6.30. The Kier molecular flexibility index (Phi) is 8.49. The van der Waals surface area contributed by atoms with Gasteiger partial charge in [-0.2, -0.15) is 5.10 Å². The Morgan fingerprint density at radius 1 is 1.26 bits per heavy atom. The largest absolute Gasteiger partial charge is 0.389 e. The van der Waals surface area contributed by atoms with Crippen molar-refractivity contribution in [3.8, 4) is 11.3 Å². The van der Waals surface area contributed by atoms with Gasteiger partial charge in [0, 0.05) is 24.3 Å². The Morgan fingerprint density at radius 3 is 2.65 bits per heavy atom. The number of ether oxygens (including phenoxy) is 1. The standard InChI is InChI=1S/C23H32ClN3O4/c1-15-11-21(26-27(15)13-18(28)14-31-2)17-9-10-20(24)19(12-17)23(30)25-22(29)16-7-5-3-4-6-8-16/h9-12,16,18,22,28-29H,3-8,13-14H2,1-2H3,(H,25,30). The van der Waals surface area contributed by atoms with Crippen LogP contribution in [-0.4, -0.2) is 51.9 Å². The number of rotatable bonds is 8. The van der Waals surface area contributed by atoms with E-state index in [-0.39, 0.29) is 12.5 Å². The Bertz CT molecular complexity index is 878. The lowest BCUT2D eigenvalue weighted by molar-refractivity contribution is 0.0510. The maximum atomic E-state index is 12.8. The lowest BCUT2D eigenvalue weighted by atomic mass is 9.98. The van der Waals surface area contributed by atoms with E-state index < -0.39 is 18.2 Å². The first-order valence-electron chi connectivity index (χ1n) is 10.9. The molecule has 7 nitrogen and oxygen atoms in total. The molecule has 1 aliphatic rings. The van der Waals surface area contributed by atoms with E-state index >= 15 is 0 Å². The van der Waals surface area contributed by atoms with Crippen LogP contribution in [0.25, 0.3) is 11.3 Å². The number of aliphatic hydroxyl groups excluding tert-OH is 2. The number of hydrogen-bond donors (Lipinski definition) is 3. The van der Waals surface area contributed by atoms with Gasteiger partial charge in [-0.1, -0.05) is 43.4 Å². The third-order valence-electron chi connectivity index (χ3n) is 5.86. The van der Waals surface area contributed by atoms with Gasteiger partial charge in [-0.15, -0.1) is 0 Å². The second-order valence-electron chi connectivity index (χ2n) is 8.33. The number of methoxy groups -OCH3 is 1. The summed E-state index contributed by atoms with van der Waals surface area (Å²) in [5.41, 5.74) is 2.60. The minimum absolute atomic E-state index is 0.0743. The van der Waals surface area contributed by atoms with Crippen molar-refractivity contribution in [2.24, 2.45) is 5.92 Å². The number of aliphatic hydroxyl groups is 2. The minimum Gasteiger partial charge on any atom is -0.389 e. The van der Waals surface area contributed by atoms with Crippen molar-refractivity contribution in [1.29, 1.82) is 0 Å². The topological polar surface area (TPSA) is 96.6 Å². The molecule has 0 radical (unpaired) electrons. The van der Waals surface area contributed by atoms with Gasteiger partial charge >= 0.3 is 0 Å². The second-order valence-corrected chi connectivity index (χ2v) is 8.73. The average Bonchev–Trinajstić information content (AvgIpc) is 2.93. The van der Waals surface area contributed by atoms with Crippen molar-refractivity contribution in [3.63, 3.8) is 0 Å². The number of benzene rings is 1. The molecule has 1 saturated carbocycles. The number of amides is 1. The number of nitrogens with one attached hydrogen (secondary N) is 1. The molecule has 8 heteroatoms. The normalized spacial score (nSPS) is 17.2. The molecule has 0 saturated heterocycles. The Hall–Kier alpha value is -1.93. The molecule has 170 valence electrons. The predicted molar refractivity (Wildman–Crippen MR) is 120 cm³/mol. The molecular formula is C23H32ClN3O4. The zero-order chi connectivity index (χ0) is 22.4. The third kappa shape index (κ3) is 6.29. The van der Waals surface area contributed by atoms with Crippen LogP contribution in [0.5, 0.6) is 0 Å². The van der Waals surface area contributed by atoms with Gasteiger partial charge < -0.3 is 20.3 Å². The lowest BCUT2D eigenvalue weighted by Crippen LogP contribution is -2.40. The fourth-order valence-electron chi connectivity index (χ4n) is 4.10. The summed E-state index contributed by atoms with van der Waals surface area (Å²) in [7, 11) is 1.54. The molecule has 3 rings (SSSR count). The van der Waals surface area contributed by atoms with Gasteiger partial charge in [0.15, 0.2) is 0 Å². The van der Waals surface area contributed by atoms with Crippen LogP contribution in [0.1, 0.15) is 54.6 Å². The average molecular weight is 450 g/mol. The van der Waals surface area contributed by atoms with E-state index in [2.05, 4.69) is 10.4 Å². The van der Waals surface area contributed by atoms with Crippen molar-refractivity contribution >= 4 is 17.5 Å². The predicted octanol–water partition coefficient (Wildman–Crippen LogP) is 3.54. The van der Waals surface area contributed by atoms with Crippen molar-refractivity contribution in [2.75, 3.05) is 13.7 Å². The second kappa shape index (κ2) is 11.1. The summed E-state index contributed by atoms with van der Waals surface area (Å²) in [6.45, 7) is 2.44. The van der Waals surface area contributed by atoms with Crippen molar-refractivity contribution in [2.45, 2.75) is 64.3 Å². The minimum atomic E-state index is -0.881. The van der Waals surface area contributed by atoms with Crippen LogP contribution in [0.2, 0.25) is 5.02 Å². The van der Waals surface area contributed by atoms with Crippen molar-refractivity contribution < 1.29 is 19.7 Å². The van der Waals surface area contributed by atoms with Gasteiger partial charge in [0.2, 0.25) is 0 Å². The van der Waals surface area contributed by atoms with Crippen molar-refractivity contribution in [3.05, 3.63) is 40.5 Å². The molecule has 2 atom stereocenters.